The SMILES string of the molecule is Cc1cc(=O)n2nc(N3CCc4ncc(-c5ccc(C(C)(F)F)nc5)cc4C3)c(C)cc2n1. The van der Waals surface area contributed by atoms with Crippen LogP contribution in [0, 0.1) is 13.8 Å². The monoisotopic (exact) mass is 448 g/mol. The first-order valence-electron chi connectivity index (χ1n) is 10.6. The first-order valence-corrected chi connectivity index (χ1v) is 10.6. The van der Waals surface area contributed by atoms with Gasteiger partial charge >= 0.3 is 0 Å². The average molecular weight is 448 g/mol. The van der Waals surface area contributed by atoms with E-state index in [0.29, 0.717) is 24.4 Å². The summed E-state index contributed by atoms with van der Waals surface area (Å²) in [5.41, 5.74) is 5.19. The molecule has 7 nitrogen and oxygen atoms in total. The number of nitrogens with zero attached hydrogens (tertiary/aromatic N) is 6. The van der Waals surface area contributed by atoms with E-state index in [4.69, 9.17) is 0 Å². The zero-order valence-corrected chi connectivity index (χ0v) is 18.5. The van der Waals surface area contributed by atoms with Crippen LogP contribution in [0.2, 0.25) is 0 Å². The summed E-state index contributed by atoms with van der Waals surface area (Å²) in [5.74, 6) is -2.25. The molecule has 4 aromatic heterocycles. The summed E-state index contributed by atoms with van der Waals surface area (Å²) in [6, 6.07) is 8.34. The van der Waals surface area contributed by atoms with Gasteiger partial charge in [0.25, 0.3) is 11.5 Å². The minimum absolute atomic E-state index is 0.214. The molecule has 0 bridgehead atoms. The number of halogens is 2. The molecule has 1 aliphatic rings. The van der Waals surface area contributed by atoms with E-state index in [1.54, 1.807) is 19.2 Å². The van der Waals surface area contributed by atoms with Crippen molar-refractivity contribution in [3.05, 3.63) is 81.3 Å². The Hall–Kier alpha value is -3.75. The van der Waals surface area contributed by atoms with Crippen LogP contribution in [0.5, 0.6) is 0 Å². The normalized spacial score (nSPS) is 13.9. The molecular formula is C24H22F2N6O. The molecule has 0 saturated carbocycles. The summed E-state index contributed by atoms with van der Waals surface area (Å²) < 4.78 is 28.3. The Labute approximate surface area is 188 Å². The maximum Gasteiger partial charge on any atom is 0.286 e. The number of hydrogen-bond donors (Lipinski definition) is 0. The Kier molecular flexibility index (Phi) is 4.92. The van der Waals surface area contributed by atoms with Gasteiger partial charge in [-0.2, -0.15) is 13.3 Å². The summed E-state index contributed by atoms with van der Waals surface area (Å²) in [6.45, 7) is 5.86. The van der Waals surface area contributed by atoms with E-state index in [0.717, 1.165) is 47.1 Å². The van der Waals surface area contributed by atoms with Gasteiger partial charge in [0.15, 0.2) is 11.5 Å². The highest BCUT2D eigenvalue weighted by atomic mass is 19.3. The predicted octanol–water partition coefficient (Wildman–Crippen LogP) is 3.84. The van der Waals surface area contributed by atoms with Crippen LogP contribution in [0.25, 0.3) is 16.8 Å². The third kappa shape index (κ3) is 3.94. The predicted molar refractivity (Wildman–Crippen MR) is 121 cm³/mol. The second-order valence-corrected chi connectivity index (χ2v) is 8.48. The molecule has 168 valence electrons. The minimum atomic E-state index is -2.98. The van der Waals surface area contributed by atoms with Gasteiger partial charge in [-0.3, -0.25) is 14.8 Å². The van der Waals surface area contributed by atoms with Crippen molar-refractivity contribution in [2.24, 2.45) is 0 Å². The van der Waals surface area contributed by atoms with E-state index < -0.39 is 5.92 Å². The standard InChI is InChI=1S/C24H22F2N6O/c1-14-8-21-29-15(2)9-22(33)32(21)30-23(14)31-7-6-19-18(13-31)10-17(12-27-19)16-4-5-20(28-11-16)24(3,25)26/h4-5,8-12H,6-7,13H2,1-3H3. The van der Waals surface area contributed by atoms with E-state index >= 15 is 0 Å². The van der Waals surface area contributed by atoms with Crippen molar-refractivity contribution in [1.29, 1.82) is 0 Å². The van der Waals surface area contributed by atoms with Gasteiger partial charge in [-0.05, 0) is 43.2 Å². The fourth-order valence-electron chi connectivity index (χ4n) is 4.14. The quantitative estimate of drug-likeness (QED) is 0.474. The van der Waals surface area contributed by atoms with E-state index in [2.05, 4.69) is 25.0 Å². The number of rotatable bonds is 3. The van der Waals surface area contributed by atoms with Crippen molar-refractivity contribution < 1.29 is 8.78 Å². The number of aryl methyl sites for hydroxylation is 2. The van der Waals surface area contributed by atoms with Gasteiger partial charge in [0.05, 0.1) is 0 Å². The molecule has 0 N–H and O–H groups in total. The highest BCUT2D eigenvalue weighted by Crippen LogP contribution is 2.30. The first-order chi connectivity index (χ1) is 15.7. The van der Waals surface area contributed by atoms with Crippen LogP contribution in [-0.4, -0.2) is 31.1 Å². The van der Waals surface area contributed by atoms with Crippen molar-refractivity contribution >= 4 is 11.5 Å². The van der Waals surface area contributed by atoms with Crippen LogP contribution in [0.1, 0.15) is 35.1 Å². The van der Waals surface area contributed by atoms with Crippen molar-refractivity contribution in [3.63, 3.8) is 0 Å². The van der Waals surface area contributed by atoms with Gasteiger partial charge in [0, 0.05) is 67.4 Å². The van der Waals surface area contributed by atoms with Crippen molar-refractivity contribution in [2.45, 2.75) is 39.7 Å². The van der Waals surface area contributed by atoms with Crippen molar-refractivity contribution in [3.8, 4) is 11.1 Å². The summed E-state index contributed by atoms with van der Waals surface area (Å²) >= 11 is 0. The number of aromatic nitrogens is 5. The van der Waals surface area contributed by atoms with Crippen LogP contribution < -0.4 is 10.5 Å². The Bertz CT molecular complexity index is 1430. The number of pyridine rings is 2. The lowest BCUT2D eigenvalue weighted by Crippen LogP contribution is -2.33. The topological polar surface area (TPSA) is 76.3 Å². The fourth-order valence-corrected chi connectivity index (χ4v) is 4.14. The lowest BCUT2D eigenvalue weighted by Gasteiger charge is -2.30. The second kappa shape index (κ2) is 7.68. The van der Waals surface area contributed by atoms with Gasteiger partial charge in [0.1, 0.15) is 5.69 Å². The Morgan fingerprint density at radius 2 is 1.82 bits per heavy atom. The lowest BCUT2D eigenvalue weighted by molar-refractivity contribution is 0.0128. The first kappa shape index (κ1) is 21.1. The maximum atomic E-state index is 13.5. The van der Waals surface area contributed by atoms with Crippen molar-refractivity contribution in [1.82, 2.24) is 24.6 Å². The molecule has 33 heavy (non-hydrogen) atoms. The molecule has 0 atom stereocenters. The van der Waals surface area contributed by atoms with Gasteiger partial charge in [-0.25, -0.2) is 4.98 Å². The smallest absolute Gasteiger partial charge is 0.286 e. The van der Waals surface area contributed by atoms with Crippen LogP contribution >= 0.6 is 0 Å². The molecule has 4 aromatic rings. The molecule has 0 aromatic carbocycles. The highest BCUT2D eigenvalue weighted by molar-refractivity contribution is 5.63. The van der Waals surface area contributed by atoms with Gasteiger partial charge in [-0.15, -0.1) is 5.10 Å². The Morgan fingerprint density at radius 3 is 2.55 bits per heavy atom. The van der Waals surface area contributed by atoms with E-state index in [1.807, 2.05) is 19.1 Å². The number of alkyl halides is 2. The molecule has 5 rings (SSSR count). The maximum absolute atomic E-state index is 13.5. The van der Waals surface area contributed by atoms with E-state index in [-0.39, 0.29) is 11.3 Å². The molecule has 0 saturated heterocycles. The third-order valence-electron chi connectivity index (χ3n) is 5.83. The molecule has 9 heteroatoms. The molecule has 0 radical (unpaired) electrons. The zero-order chi connectivity index (χ0) is 23.3. The van der Waals surface area contributed by atoms with Crippen LogP contribution in [0.15, 0.2) is 47.5 Å². The third-order valence-corrected chi connectivity index (χ3v) is 5.83. The van der Waals surface area contributed by atoms with Gasteiger partial charge < -0.3 is 4.90 Å². The fraction of sp³-hybridized carbons (Fsp3) is 0.292. The number of fused-ring (bicyclic) bond motifs is 2. The summed E-state index contributed by atoms with van der Waals surface area (Å²) in [7, 11) is 0. The largest absolute Gasteiger partial charge is 0.350 e. The zero-order valence-electron chi connectivity index (χ0n) is 18.5. The van der Waals surface area contributed by atoms with Crippen LogP contribution in [-0.2, 0) is 18.9 Å². The molecule has 0 aliphatic carbocycles. The van der Waals surface area contributed by atoms with Gasteiger partial charge in [-0.1, -0.05) is 6.07 Å². The summed E-state index contributed by atoms with van der Waals surface area (Å²) in [6.07, 6.45) is 3.94. The van der Waals surface area contributed by atoms with E-state index in [1.165, 1.54) is 22.8 Å². The van der Waals surface area contributed by atoms with Crippen LogP contribution in [0.3, 0.4) is 0 Å². The molecule has 1 aliphatic heterocycles. The number of anilines is 1. The second-order valence-electron chi connectivity index (χ2n) is 8.48. The van der Waals surface area contributed by atoms with Crippen LogP contribution in [0.4, 0.5) is 14.6 Å². The highest BCUT2D eigenvalue weighted by Gasteiger charge is 2.26. The molecule has 5 heterocycles. The van der Waals surface area contributed by atoms with Gasteiger partial charge in [0.2, 0.25) is 0 Å². The average Bonchev–Trinajstić information content (AvgIpc) is 2.77. The van der Waals surface area contributed by atoms with Crippen molar-refractivity contribution in [2.75, 3.05) is 11.4 Å². The molecule has 0 fully saturated rings. The molecule has 0 spiro atoms. The summed E-state index contributed by atoms with van der Waals surface area (Å²) in [5, 5.41) is 4.59. The Morgan fingerprint density at radius 1 is 1.03 bits per heavy atom. The van der Waals surface area contributed by atoms with E-state index in [9.17, 15) is 13.6 Å². The Balaban J connectivity index is 1.48. The molecule has 0 unspecified atom stereocenters. The molecule has 0 amide bonds. The number of hydrogen-bond acceptors (Lipinski definition) is 6. The minimum Gasteiger partial charge on any atom is -0.350 e. The molecular weight excluding hydrogens is 426 g/mol. The summed E-state index contributed by atoms with van der Waals surface area (Å²) in [4.78, 5) is 27.5. The lowest BCUT2D eigenvalue weighted by atomic mass is 10.0.